The number of hydrogen-bond acceptors (Lipinski definition) is 3. The largest absolute Gasteiger partial charge is 0.352 e. The van der Waals surface area contributed by atoms with Gasteiger partial charge in [-0.15, -0.1) is 0 Å². The Hall–Kier alpha value is -1.88. The van der Waals surface area contributed by atoms with E-state index in [0.717, 1.165) is 18.4 Å². The number of nitrogens with two attached hydrogens (primary N) is 1. The van der Waals surface area contributed by atoms with Gasteiger partial charge in [0, 0.05) is 25.6 Å². The summed E-state index contributed by atoms with van der Waals surface area (Å²) in [6.45, 7) is 0.0941. The van der Waals surface area contributed by atoms with Gasteiger partial charge in [-0.05, 0) is 18.4 Å². The third-order valence-corrected chi connectivity index (χ3v) is 3.37. The quantitative estimate of drug-likeness (QED) is 0.807. The number of benzene rings is 1. The predicted molar refractivity (Wildman–Crippen MR) is 76.8 cm³/mol. The van der Waals surface area contributed by atoms with Crippen LogP contribution in [0.5, 0.6) is 0 Å². The third-order valence-electron chi connectivity index (χ3n) is 3.37. The molecule has 0 saturated heterocycles. The Morgan fingerprint density at radius 1 is 1.35 bits per heavy atom. The standard InChI is InChI=1S/C15H21N3O2/c1-18(10-14(19)17-12-7-8-12)15(20)9-13(16)11-5-3-2-4-6-11/h2-6,12-13H,7-10,16H2,1H3,(H,17,19). The van der Waals surface area contributed by atoms with Crippen LogP contribution < -0.4 is 11.1 Å². The van der Waals surface area contributed by atoms with Crippen molar-refractivity contribution in [3.05, 3.63) is 35.9 Å². The molecule has 3 N–H and O–H groups in total. The van der Waals surface area contributed by atoms with E-state index in [1.807, 2.05) is 30.3 Å². The first kappa shape index (κ1) is 14.5. The lowest BCUT2D eigenvalue weighted by atomic mass is 10.0. The van der Waals surface area contributed by atoms with Gasteiger partial charge in [0.1, 0.15) is 0 Å². The fourth-order valence-electron chi connectivity index (χ4n) is 1.97. The van der Waals surface area contributed by atoms with Crippen LogP contribution in [0.4, 0.5) is 0 Å². The van der Waals surface area contributed by atoms with Crippen LogP contribution in [-0.4, -0.2) is 36.3 Å². The maximum Gasteiger partial charge on any atom is 0.239 e. The monoisotopic (exact) mass is 275 g/mol. The number of amides is 2. The first-order valence-corrected chi connectivity index (χ1v) is 6.90. The Balaban J connectivity index is 1.79. The van der Waals surface area contributed by atoms with Crippen molar-refractivity contribution in [3.8, 4) is 0 Å². The molecule has 0 radical (unpaired) electrons. The van der Waals surface area contributed by atoms with Crippen LogP contribution in [0.15, 0.2) is 30.3 Å². The van der Waals surface area contributed by atoms with Gasteiger partial charge in [0.25, 0.3) is 0 Å². The van der Waals surface area contributed by atoms with E-state index in [9.17, 15) is 9.59 Å². The normalized spacial score (nSPS) is 15.5. The Morgan fingerprint density at radius 3 is 2.60 bits per heavy atom. The molecule has 1 unspecified atom stereocenters. The summed E-state index contributed by atoms with van der Waals surface area (Å²) in [7, 11) is 1.63. The molecule has 1 fully saturated rings. The molecule has 0 spiro atoms. The molecule has 1 atom stereocenters. The van der Waals surface area contributed by atoms with Crippen molar-refractivity contribution in [1.82, 2.24) is 10.2 Å². The summed E-state index contributed by atoms with van der Waals surface area (Å²) in [6.07, 6.45) is 2.29. The average Bonchev–Trinajstić information content (AvgIpc) is 3.23. The lowest BCUT2D eigenvalue weighted by Crippen LogP contribution is -2.40. The zero-order chi connectivity index (χ0) is 14.5. The van der Waals surface area contributed by atoms with Crippen molar-refractivity contribution >= 4 is 11.8 Å². The summed E-state index contributed by atoms with van der Waals surface area (Å²) in [6, 6.07) is 9.48. The van der Waals surface area contributed by atoms with Gasteiger partial charge >= 0.3 is 0 Å². The van der Waals surface area contributed by atoms with Crippen molar-refractivity contribution in [1.29, 1.82) is 0 Å². The van der Waals surface area contributed by atoms with Crippen molar-refractivity contribution in [2.75, 3.05) is 13.6 Å². The summed E-state index contributed by atoms with van der Waals surface area (Å²) in [4.78, 5) is 25.1. The van der Waals surface area contributed by atoms with E-state index in [1.54, 1.807) is 7.05 Å². The third kappa shape index (κ3) is 4.35. The van der Waals surface area contributed by atoms with Gasteiger partial charge in [-0.25, -0.2) is 0 Å². The second-order valence-corrected chi connectivity index (χ2v) is 5.31. The first-order chi connectivity index (χ1) is 9.56. The molecule has 0 bridgehead atoms. The highest BCUT2D eigenvalue weighted by molar-refractivity contribution is 5.85. The molecule has 1 aliphatic carbocycles. The van der Waals surface area contributed by atoms with E-state index >= 15 is 0 Å². The number of nitrogens with zero attached hydrogens (tertiary/aromatic N) is 1. The highest BCUT2D eigenvalue weighted by Gasteiger charge is 2.24. The Morgan fingerprint density at radius 2 is 2.00 bits per heavy atom. The molecule has 0 aliphatic heterocycles. The molecule has 108 valence electrons. The summed E-state index contributed by atoms with van der Waals surface area (Å²) < 4.78 is 0. The van der Waals surface area contributed by atoms with E-state index < -0.39 is 0 Å². The number of rotatable bonds is 6. The molecule has 1 aliphatic rings. The van der Waals surface area contributed by atoms with E-state index in [-0.39, 0.29) is 30.8 Å². The number of carbonyl (C=O) groups is 2. The predicted octanol–water partition coefficient (Wildman–Crippen LogP) is 0.814. The van der Waals surface area contributed by atoms with Crippen LogP contribution in [-0.2, 0) is 9.59 Å². The zero-order valence-electron chi connectivity index (χ0n) is 11.7. The minimum atomic E-state index is -0.336. The van der Waals surface area contributed by atoms with Gasteiger partial charge in [-0.2, -0.15) is 0 Å². The minimum absolute atomic E-state index is 0.0941. The average molecular weight is 275 g/mol. The molecule has 5 nitrogen and oxygen atoms in total. The van der Waals surface area contributed by atoms with Crippen LogP contribution in [0.2, 0.25) is 0 Å². The van der Waals surface area contributed by atoms with Gasteiger partial charge in [0.05, 0.1) is 6.54 Å². The summed E-state index contributed by atoms with van der Waals surface area (Å²) in [5, 5.41) is 2.86. The molecule has 20 heavy (non-hydrogen) atoms. The summed E-state index contributed by atoms with van der Waals surface area (Å²) in [5.41, 5.74) is 6.93. The summed E-state index contributed by atoms with van der Waals surface area (Å²) >= 11 is 0. The molecule has 0 heterocycles. The van der Waals surface area contributed by atoms with Gasteiger partial charge in [-0.1, -0.05) is 30.3 Å². The number of nitrogens with one attached hydrogen (secondary N) is 1. The molecule has 1 saturated carbocycles. The second-order valence-electron chi connectivity index (χ2n) is 5.31. The molecule has 5 heteroatoms. The van der Waals surface area contributed by atoms with Gasteiger partial charge in [-0.3, -0.25) is 9.59 Å². The maximum atomic E-state index is 12.0. The van der Waals surface area contributed by atoms with Crippen molar-refractivity contribution in [2.45, 2.75) is 31.3 Å². The van der Waals surface area contributed by atoms with Crippen molar-refractivity contribution in [2.24, 2.45) is 5.73 Å². The highest BCUT2D eigenvalue weighted by Crippen LogP contribution is 2.18. The molecule has 1 aromatic carbocycles. The second kappa shape index (κ2) is 6.52. The molecule has 0 aromatic heterocycles. The number of likely N-dealkylation sites (N-methyl/N-ethyl adjacent to an activating group) is 1. The fraction of sp³-hybridized carbons (Fsp3) is 0.467. The Labute approximate surface area is 119 Å². The van der Waals surface area contributed by atoms with E-state index in [4.69, 9.17) is 5.73 Å². The van der Waals surface area contributed by atoms with E-state index in [2.05, 4.69) is 5.32 Å². The molecule has 2 amide bonds. The van der Waals surface area contributed by atoms with Gasteiger partial charge in [0.2, 0.25) is 11.8 Å². The van der Waals surface area contributed by atoms with Gasteiger partial charge < -0.3 is 16.0 Å². The number of carbonyl (C=O) groups excluding carboxylic acids is 2. The molecule has 1 aromatic rings. The van der Waals surface area contributed by atoms with Crippen LogP contribution in [0.1, 0.15) is 30.9 Å². The van der Waals surface area contributed by atoms with Gasteiger partial charge in [0.15, 0.2) is 0 Å². The van der Waals surface area contributed by atoms with Crippen molar-refractivity contribution < 1.29 is 9.59 Å². The van der Waals surface area contributed by atoms with E-state index in [0.29, 0.717) is 6.04 Å². The van der Waals surface area contributed by atoms with Crippen molar-refractivity contribution in [3.63, 3.8) is 0 Å². The first-order valence-electron chi connectivity index (χ1n) is 6.90. The Kier molecular flexibility index (Phi) is 4.74. The molecular formula is C15H21N3O2. The molecule has 2 rings (SSSR count). The highest BCUT2D eigenvalue weighted by atomic mass is 16.2. The SMILES string of the molecule is CN(CC(=O)NC1CC1)C(=O)CC(N)c1ccccc1. The van der Waals surface area contributed by atoms with Crippen LogP contribution >= 0.6 is 0 Å². The summed E-state index contributed by atoms with van der Waals surface area (Å²) in [5.74, 6) is -0.219. The smallest absolute Gasteiger partial charge is 0.239 e. The topological polar surface area (TPSA) is 75.4 Å². The molecular weight excluding hydrogens is 254 g/mol. The van der Waals surface area contributed by atoms with Crippen LogP contribution in [0.3, 0.4) is 0 Å². The lowest BCUT2D eigenvalue weighted by Gasteiger charge is -2.19. The van der Waals surface area contributed by atoms with E-state index in [1.165, 1.54) is 4.90 Å². The van der Waals surface area contributed by atoms with Crippen LogP contribution in [0, 0.1) is 0 Å². The zero-order valence-corrected chi connectivity index (χ0v) is 11.7. The van der Waals surface area contributed by atoms with Crippen LogP contribution in [0.25, 0.3) is 0 Å². The maximum absolute atomic E-state index is 12.0. The fourth-order valence-corrected chi connectivity index (χ4v) is 1.97. The lowest BCUT2D eigenvalue weighted by molar-refractivity contribution is -0.135. The minimum Gasteiger partial charge on any atom is -0.352 e. The number of hydrogen-bond donors (Lipinski definition) is 2. The Bertz CT molecular complexity index is 471.